The zero-order valence-electron chi connectivity index (χ0n) is 16.5. The predicted molar refractivity (Wildman–Crippen MR) is 115 cm³/mol. The zero-order valence-corrected chi connectivity index (χ0v) is 18.8. The zero-order chi connectivity index (χ0) is 21.8. The van der Waals surface area contributed by atoms with E-state index in [1.165, 1.54) is 26.4 Å². The first-order valence-electron chi connectivity index (χ1n) is 8.58. The first kappa shape index (κ1) is 23.1. The van der Waals surface area contributed by atoms with Gasteiger partial charge in [-0.05, 0) is 30.7 Å². The smallest absolute Gasteiger partial charge is 0.253 e. The van der Waals surface area contributed by atoms with Crippen molar-refractivity contribution < 1.29 is 22.7 Å². The number of nitrogens with zero attached hydrogens (tertiary/aromatic N) is 1. The van der Waals surface area contributed by atoms with Gasteiger partial charge in [-0.1, -0.05) is 29.3 Å². The van der Waals surface area contributed by atoms with Crippen LogP contribution in [-0.2, 0) is 16.6 Å². The Hall–Kier alpha value is -2.16. The maximum Gasteiger partial charge on any atom is 0.253 e. The molecule has 0 aromatic heterocycles. The number of anilines is 1. The second-order valence-corrected chi connectivity index (χ2v) is 8.82. The number of amides is 1. The monoisotopic (exact) mass is 460 g/mol. The molecule has 0 heterocycles. The summed E-state index contributed by atoms with van der Waals surface area (Å²) in [5.74, 6) is 0.117. The topological polar surface area (TPSA) is 84.9 Å². The Morgan fingerprint density at radius 2 is 1.72 bits per heavy atom. The number of benzene rings is 2. The lowest BCUT2D eigenvalue weighted by atomic mass is 10.1. The molecule has 1 amide bonds. The molecule has 2 aromatic rings. The molecule has 0 spiro atoms. The van der Waals surface area contributed by atoms with E-state index in [0.717, 1.165) is 10.6 Å². The molecule has 158 valence electrons. The van der Waals surface area contributed by atoms with Crippen LogP contribution >= 0.6 is 23.2 Å². The van der Waals surface area contributed by atoms with Gasteiger partial charge in [0, 0.05) is 29.2 Å². The van der Waals surface area contributed by atoms with E-state index in [2.05, 4.69) is 5.32 Å². The molecular formula is C19H22Cl2N2O5S. The van der Waals surface area contributed by atoms with Crippen LogP contribution in [0.2, 0.25) is 10.0 Å². The van der Waals surface area contributed by atoms with Gasteiger partial charge in [0.2, 0.25) is 10.0 Å². The van der Waals surface area contributed by atoms with Crippen molar-refractivity contribution in [2.24, 2.45) is 0 Å². The lowest BCUT2D eigenvalue weighted by Gasteiger charge is -2.24. The number of carbonyl (C=O) groups excluding carboxylic acids is 1. The van der Waals surface area contributed by atoms with E-state index in [1.807, 2.05) is 0 Å². The van der Waals surface area contributed by atoms with Crippen LogP contribution in [0.3, 0.4) is 0 Å². The molecule has 0 atom stereocenters. The van der Waals surface area contributed by atoms with Crippen LogP contribution in [-0.4, -0.2) is 41.3 Å². The van der Waals surface area contributed by atoms with E-state index in [9.17, 15) is 13.2 Å². The molecule has 0 unspecified atom stereocenters. The number of halogens is 2. The van der Waals surface area contributed by atoms with Gasteiger partial charge in [0.05, 0.1) is 31.7 Å². The summed E-state index contributed by atoms with van der Waals surface area (Å²) in [5.41, 5.74) is 0.981. The van der Waals surface area contributed by atoms with E-state index in [0.29, 0.717) is 27.1 Å². The van der Waals surface area contributed by atoms with Crippen molar-refractivity contribution in [2.45, 2.75) is 13.5 Å². The summed E-state index contributed by atoms with van der Waals surface area (Å²) >= 11 is 12.0. The second kappa shape index (κ2) is 9.56. The molecule has 0 aliphatic rings. The molecule has 0 fully saturated rings. The molecule has 0 aliphatic carbocycles. The van der Waals surface area contributed by atoms with Gasteiger partial charge in [-0.3, -0.25) is 9.10 Å². The van der Waals surface area contributed by atoms with Gasteiger partial charge in [0.25, 0.3) is 5.91 Å². The normalized spacial score (nSPS) is 11.1. The minimum absolute atomic E-state index is 0.125. The Morgan fingerprint density at radius 3 is 2.24 bits per heavy atom. The van der Waals surface area contributed by atoms with Crippen molar-refractivity contribution in [3.8, 4) is 11.5 Å². The standard InChI is InChI=1S/C19H22Cl2N2O5S/c1-5-23(29(4,25)26)16-10-18(28-3)17(27-2)9-14(16)19(24)22-11-12-6-7-13(20)8-15(12)21/h6-10H,5,11H2,1-4H3,(H,22,24). The third-order valence-corrected chi connectivity index (χ3v) is 6.00. The molecule has 7 nitrogen and oxygen atoms in total. The largest absolute Gasteiger partial charge is 0.493 e. The number of methoxy groups -OCH3 is 2. The van der Waals surface area contributed by atoms with Gasteiger partial charge in [0.15, 0.2) is 11.5 Å². The third kappa shape index (κ3) is 5.46. The molecule has 0 bridgehead atoms. The number of ether oxygens (including phenoxy) is 2. The van der Waals surface area contributed by atoms with Crippen LogP contribution in [0, 0.1) is 0 Å². The van der Waals surface area contributed by atoms with Gasteiger partial charge < -0.3 is 14.8 Å². The Morgan fingerprint density at radius 1 is 1.10 bits per heavy atom. The van der Waals surface area contributed by atoms with E-state index in [4.69, 9.17) is 32.7 Å². The number of hydrogen-bond acceptors (Lipinski definition) is 5. The van der Waals surface area contributed by atoms with Crippen LogP contribution in [0.5, 0.6) is 11.5 Å². The van der Waals surface area contributed by atoms with Crippen LogP contribution in [0.15, 0.2) is 30.3 Å². The summed E-state index contributed by atoms with van der Waals surface area (Å²) in [5, 5.41) is 3.65. The van der Waals surface area contributed by atoms with E-state index in [-0.39, 0.29) is 24.3 Å². The molecular weight excluding hydrogens is 439 g/mol. The average Bonchev–Trinajstić information content (AvgIpc) is 2.66. The second-order valence-electron chi connectivity index (χ2n) is 6.07. The molecule has 1 N–H and O–H groups in total. The lowest BCUT2D eigenvalue weighted by molar-refractivity contribution is 0.0951. The van der Waals surface area contributed by atoms with Crippen LogP contribution < -0.4 is 19.1 Å². The molecule has 2 aromatic carbocycles. The summed E-state index contributed by atoms with van der Waals surface area (Å²) < 4.78 is 36.1. The number of hydrogen-bond donors (Lipinski definition) is 1. The lowest BCUT2D eigenvalue weighted by Crippen LogP contribution is -2.33. The van der Waals surface area contributed by atoms with Gasteiger partial charge in [-0.15, -0.1) is 0 Å². The van der Waals surface area contributed by atoms with Crippen molar-refractivity contribution >= 4 is 44.8 Å². The first-order chi connectivity index (χ1) is 13.6. The van der Waals surface area contributed by atoms with Crippen molar-refractivity contribution in [1.82, 2.24) is 5.32 Å². The summed E-state index contributed by atoms with van der Waals surface area (Å²) in [6.45, 7) is 1.94. The highest BCUT2D eigenvalue weighted by Crippen LogP contribution is 2.36. The highest BCUT2D eigenvalue weighted by molar-refractivity contribution is 7.92. The minimum Gasteiger partial charge on any atom is -0.493 e. The fourth-order valence-electron chi connectivity index (χ4n) is 2.78. The summed E-state index contributed by atoms with van der Waals surface area (Å²) in [6.07, 6.45) is 1.07. The van der Waals surface area contributed by atoms with Crippen molar-refractivity contribution in [3.05, 3.63) is 51.5 Å². The van der Waals surface area contributed by atoms with Gasteiger partial charge in [-0.2, -0.15) is 0 Å². The molecule has 10 heteroatoms. The Kier molecular flexibility index (Phi) is 7.62. The Balaban J connectivity index is 2.46. The number of carbonyl (C=O) groups is 1. The minimum atomic E-state index is -3.63. The van der Waals surface area contributed by atoms with Crippen LogP contribution in [0.1, 0.15) is 22.8 Å². The molecule has 0 aliphatic heterocycles. The van der Waals surface area contributed by atoms with Gasteiger partial charge >= 0.3 is 0 Å². The van der Waals surface area contributed by atoms with Gasteiger partial charge in [0.1, 0.15) is 0 Å². The summed E-state index contributed by atoms with van der Waals surface area (Å²) in [4.78, 5) is 12.9. The first-order valence-corrected chi connectivity index (χ1v) is 11.2. The number of nitrogens with one attached hydrogen (secondary N) is 1. The molecule has 0 radical (unpaired) electrons. The molecule has 0 saturated heterocycles. The fourth-order valence-corrected chi connectivity index (χ4v) is 4.23. The number of sulfonamides is 1. The highest BCUT2D eigenvalue weighted by Gasteiger charge is 2.25. The van der Waals surface area contributed by atoms with E-state index >= 15 is 0 Å². The molecule has 0 saturated carbocycles. The van der Waals surface area contributed by atoms with E-state index in [1.54, 1.807) is 25.1 Å². The maximum atomic E-state index is 12.9. The van der Waals surface area contributed by atoms with Crippen molar-refractivity contribution in [3.63, 3.8) is 0 Å². The van der Waals surface area contributed by atoms with Crippen LogP contribution in [0.4, 0.5) is 5.69 Å². The number of rotatable bonds is 8. The maximum absolute atomic E-state index is 12.9. The Bertz CT molecular complexity index is 1010. The highest BCUT2D eigenvalue weighted by atomic mass is 35.5. The third-order valence-electron chi connectivity index (χ3n) is 4.16. The quantitative estimate of drug-likeness (QED) is 0.648. The van der Waals surface area contributed by atoms with Crippen LogP contribution in [0.25, 0.3) is 0 Å². The molecule has 2 rings (SSSR count). The van der Waals surface area contributed by atoms with Gasteiger partial charge in [-0.25, -0.2) is 8.42 Å². The van der Waals surface area contributed by atoms with Crippen molar-refractivity contribution in [1.29, 1.82) is 0 Å². The van der Waals surface area contributed by atoms with Crippen molar-refractivity contribution in [2.75, 3.05) is 31.3 Å². The summed E-state index contributed by atoms with van der Waals surface area (Å²) in [6, 6.07) is 7.86. The Labute approximate surface area is 180 Å². The fraction of sp³-hybridized carbons (Fsp3) is 0.316. The average molecular weight is 461 g/mol. The summed E-state index contributed by atoms with van der Waals surface area (Å²) in [7, 11) is -0.763. The SMILES string of the molecule is CCN(c1cc(OC)c(OC)cc1C(=O)NCc1ccc(Cl)cc1Cl)S(C)(=O)=O. The predicted octanol–water partition coefficient (Wildman–Crippen LogP) is 3.73. The van der Waals surface area contributed by atoms with E-state index < -0.39 is 15.9 Å². The molecule has 29 heavy (non-hydrogen) atoms.